The van der Waals surface area contributed by atoms with Gasteiger partial charge in [0.15, 0.2) is 0 Å². The van der Waals surface area contributed by atoms with Crippen LogP contribution in [0.5, 0.6) is 0 Å². The van der Waals surface area contributed by atoms with Crippen molar-refractivity contribution in [1.82, 2.24) is 9.99 Å². The summed E-state index contributed by atoms with van der Waals surface area (Å²) in [5, 5.41) is 5.04. The molecule has 2 aliphatic heterocycles. The van der Waals surface area contributed by atoms with E-state index in [0.29, 0.717) is 10.2 Å². The zero-order valence-corrected chi connectivity index (χ0v) is 12.6. The molecule has 0 bridgehead atoms. The molecule has 1 saturated heterocycles. The molecule has 1 atom stereocenters. The molecule has 19 heavy (non-hydrogen) atoms. The lowest BCUT2D eigenvalue weighted by atomic mass is 9.96. The Labute approximate surface area is 119 Å². The van der Waals surface area contributed by atoms with Crippen molar-refractivity contribution in [3.8, 4) is 0 Å². The van der Waals surface area contributed by atoms with Crippen molar-refractivity contribution < 1.29 is 4.79 Å². The molecule has 0 radical (unpaired) electrons. The van der Waals surface area contributed by atoms with E-state index in [9.17, 15) is 9.59 Å². The third kappa shape index (κ3) is 1.73. The van der Waals surface area contributed by atoms with Crippen LogP contribution >= 0.6 is 15.9 Å². The lowest BCUT2D eigenvalue weighted by Crippen LogP contribution is -2.71. The summed E-state index contributed by atoms with van der Waals surface area (Å²) >= 11 is 3.29. The number of pyridine rings is 1. The van der Waals surface area contributed by atoms with Gasteiger partial charge in [-0.3, -0.25) is 14.6 Å². The number of carbonyl (C=O) groups excluding carboxylic acids is 1. The van der Waals surface area contributed by atoms with Gasteiger partial charge in [-0.1, -0.05) is 0 Å². The summed E-state index contributed by atoms with van der Waals surface area (Å²) < 4.78 is 2.05. The Hall–Kier alpha value is -1.30. The van der Waals surface area contributed by atoms with E-state index < -0.39 is 5.66 Å². The van der Waals surface area contributed by atoms with Gasteiger partial charge in [-0.05, 0) is 60.7 Å². The Morgan fingerprint density at radius 2 is 2.11 bits per heavy atom. The zero-order valence-electron chi connectivity index (χ0n) is 11.0. The van der Waals surface area contributed by atoms with Crippen LogP contribution in [0, 0.1) is 6.92 Å². The van der Waals surface area contributed by atoms with Crippen LogP contribution in [0.25, 0.3) is 0 Å². The molecule has 1 aromatic heterocycles. The summed E-state index contributed by atoms with van der Waals surface area (Å²) in [6.45, 7) is 4.61. The number of nitrogens with zero attached hydrogens (tertiary/aromatic N) is 2. The van der Waals surface area contributed by atoms with Crippen LogP contribution < -0.4 is 15.9 Å². The highest BCUT2D eigenvalue weighted by atomic mass is 79.9. The lowest BCUT2D eigenvalue weighted by molar-refractivity contribution is 0.0797. The molecule has 1 unspecified atom stereocenters. The molecule has 6 heteroatoms. The molecule has 1 N–H and O–H groups in total. The number of aromatic nitrogens is 1. The summed E-state index contributed by atoms with van der Waals surface area (Å²) in [5.74, 6) is -0.164. The van der Waals surface area contributed by atoms with Crippen molar-refractivity contribution in [2.45, 2.75) is 38.8 Å². The minimum atomic E-state index is -0.459. The number of hydrogen-bond acceptors (Lipinski definition) is 3. The number of amides is 1. The highest BCUT2D eigenvalue weighted by molar-refractivity contribution is 9.10. The van der Waals surface area contributed by atoms with E-state index in [2.05, 4.69) is 21.2 Å². The number of aryl methyl sites for hydroxylation is 1. The molecule has 1 fully saturated rings. The van der Waals surface area contributed by atoms with E-state index in [1.165, 1.54) is 0 Å². The van der Waals surface area contributed by atoms with Crippen LogP contribution in [-0.4, -0.2) is 22.8 Å². The first-order valence-corrected chi connectivity index (χ1v) is 7.26. The highest BCUT2D eigenvalue weighted by Gasteiger charge is 2.43. The molecule has 0 aromatic carbocycles. The summed E-state index contributed by atoms with van der Waals surface area (Å²) in [5.41, 5.74) is 0.632. The Morgan fingerprint density at radius 3 is 2.84 bits per heavy atom. The molecular weight excluding hydrogens is 310 g/mol. The first kappa shape index (κ1) is 12.7. The predicted molar refractivity (Wildman–Crippen MR) is 75.9 cm³/mol. The fourth-order valence-corrected chi connectivity index (χ4v) is 3.57. The van der Waals surface area contributed by atoms with Crippen LogP contribution in [-0.2, 0) is 0 Å². The number of rotatable bonds is 0. The molecule has 3 rings (SSSR count). The van der Waals surface area contributed by atoms with Gasteiger partial charge in [0, 0.05) is 6.54 Å². The quantitative estimate of drug-likeness (QED) is 0.786. The summed E-state index contributed by atoms with van der Waals surface area (Å²) in [4.78, 5) is 24.7. The average Bonchev–Trinajstić information content (AvgIpc) is 2.33. The molecule has 1 amide bonds. The molecule has 0 spiro atoms. The Kier molecular flexibility index (Phi) is 2.74. The largest absolute Gasteiger partial charge is 0.327 e. The lowest BCUT2D eigenvalue weighted by Gasteiger charge is -2.50. The number of hydrogen-bond donors (Lipinski definition) is 1. The summed E-state index contributed by atoms with van der Waals surface area (Å²) in [6, 6.07) is 1.71. The van der Waals surface area contributed by atoms with Crippen molar-refractivity contribution in [1.29, 1.82) is 0 Å². The topological polar surface area (TPSA) is 54.3 Å². The van der Waals surface area contributed by atoms with Crippen LogP contribution in [0.3, 0.4) is 0 Å². The van der Waals surface area contributed by atoms with E-state index in [4.69, 9.17) is 0 Å². The molecule has 1 aromatic rings. The van der Waals surface area contributed by atoms with Gasteiger partial charge >= 0.3 is 0 Å². The molecule has 102 valence electrons. The third-order valence-corrected chi connectivity index (χ3v) is 4.59. The maximum Gasteiger partial charge on any atom is 0.284 e. The van der Waals surface area contributed by atoms with E-state index >= 15 is 0 Å². The van der Waals surface area contributed by atoms with Crippen molar-refractivity contribution in [3.05, 3.63) is 32.2 Å². The maximum atomic E-state index is 12.4. The van der Waals surface area contributed by atoms with Gasteiger partial charge in [0.2, 0.25) is 0 Å². The van der Waals surface area contributed by atoms with Gasteiger partial charge in [-0.25, -0.2) is 4.68 Å². The van der Waals surface area contributed by atoms with Crippen molar-refractivity contribution in [2.75, 3.05) is 11.6 Å². The number of halogens is 1. The van der Waals surface area contributed by atoms with E-state index in [0.717, 1.165) is 31.4 Å². The van der Waals surface area contributed by atoms with Crippen LogP contribution in [0.15, 0.2) is 15.3 Å². The second-order valence-corrected chi connectivity index (χ2v) is 6.30. The molecule has 0 saturated carbocycles. The second-order valence-electron chi connectivity index (χ2n) is 5.45. The SMILES string of the molecule is Cc1cc(Br)c(=O)n2c1C(=O)NC1(C)CCCCN21. The van der Waals surface area contributed by atoms with Crippen LogP contribution in [0.4, 0.5) is 0 Å². The van der Waals surface area contributed by atoms with Gasteiger partial charge < -0.3 is 5.32 Å². The average molecular weight is 326 g/mol. The monoisotopic (exact) mass is 325 g/mol. The Bertz CT molecular complexity index is 625. The number of carbonyl (C=O) groups is 1. The second kappa shape index (κ2) is 4.10. The van der Waals surface area contributed by atoms with E-state index in [-0.39, 0.29) is 11.5 Å². The van der Waals surface area contributed by atoms with Gasteiger partial charge in [-0.15, -0.1) is 0 Å². The van der Waals surface area contributed by atoms with Crippen molar-refractivity contribution in [2.24, 2.45) is 0 Å². The minimum Gasteiger partial charge on any atom is -0.327 e. The van der Waals surface area contributed by atoms with Gasteiger partial charge in [0.25, 0.3) is 11.5 Å². The zero-order chi connectivity index (χ0) is 13.8. The number of piperidine rings is 1. The molecule has 0 aliphatic carbocycles. The minimum absolute atomic E-state index is 0.163. The molecule has 3 heterocycles. The summed E-state index contributed by atoms with van der Waals surface area (Å²) in [7, 11) is 0. The Balaban J connectivity index is 2.30. The van der Waals surface area contributed by atoms with E-state index in [1.54, 1.807) is 10.7 Å². The predicted octanol–water partition coefficient (Wildman–Crippen LogP) is 1.50. The van der Waals surface area contributed by atoms with Gasteiger partial charge in [0.1, 0.15) is 11.4 Å². The Morgan fingerprint density at radius 1 is 1.37 bits per heavy atom. The van der Waals surface area contributed by atoms with E-state index in [1.807, 2.05) is 18.9 Å². The van der Waals surface area contributed by atoms with Gasteiger partial charge in [-0.2, -0.15) is 0 Å². The molecule has 5 nitrogen and oxygen atoms in total. The van der Waals surface area contributed by atoms with Crippen LogP contribution in [0.2, 0.25) is 0 Å². The fraction of sp³-hybridized carbons (Fsp3) is 0.538. The fourth-order valence-electron chi connectivity index (χ4n) is 3.05. The van der Waals surface area contributed by atoms with Crippen molar-refractivity contribution in [3.63, 3.8) is 0 Å². The normalized spacial score (nSPS) is 25.6. The maximum absolute atomic E-state index is 12.4. The molecule has 2 aliphatic rings. The number of nitrogens with one attached hydrogen (secondary N) is 1. The number of fused-ring (bicyclic) bond motifs is 3. The van der Waals surface area contributed by atoms with Crippen molar-refractivity contribution >= 4 is 21.8 Å². The molecular formula is C13H16BrN3O2. The first-order chi connectivity index (χ1) is 8.94. The first-order valence-electron chi connectivity index (χ1n) is 6.47. The standard InChI is InChI=1S/C13H16BrN3O2/c1-8-7-9(14)12(19)17-10(8)11(18)15-13(2)5-3-4-6-16(13)17/h7H,3-6H2,1-2H3,(H,15,18). The smallest absolute Gasteiger partial charge is 0.284 e. The van der Waals surface area contributed by atoms with Crippen LogP contribution in [0.1, 0.15) is 42.2 Å². The van der Waals surface area contributed by atoms with Gasteiger partial charge in [0.05, 0.1) is 4.47 Å². The highest BCUT2D eigenvalue weighted by Crippen LogP contribution is 2.29. The third-order valence-electron chi connectivity index (χ3n) is 4.02. The summed E-state index contributed by atoms with van der Waals surface area (Å²) in [6.07, 6.45) is 2.95.